The number of carbonyl (C=O) groups excluding carboxylic acids is 1. The number of halogens is 2. The Morgan fingerprint density at radius 1 is 1.24 bits per heavy atom. The molecule has 21 heavy (non-hydrogen) atoms. The SMILES string of the molecule is CC(C)Cn1ncnc1CC(=O)Cc1ccc(F)c(F)c1. The summed E-state index contributed by atoms with van der Waals surface area (Å²) in [4.78, 5) is 16.1. The molecular formula is C15H17F2N3O. The minimum Gasteiger partial charge on any atom is -0.299 e. The number of hydrogen-bond acceptors (Lipinski definition) is 3. The molecule has 1 aromatic heterocycles. The van der Waals surface area contributed by atoms with Crippen LogP contribution < -0.4 is 0 Å². The fraction of sp³-hybridized carbons (Fsp3) is 0.400. The van der Waals surface area contributed by atoms with Gasteiger partial charge in [-0.2, -0.15) is 5.10 Å². The number of nitrogens with zero attached hydrogens (tertiary/aromatic N) is 3. The minimum atomic E-state index is -0.941. The van der Waals surface area contributed by atoms with Crippen molar-refractivity contribution >= 4 is 5.78 Å². The Morgan fingerprint density at radius 3 is 2.67 bits per heavy atom. The summed E-state index contributed by atoms with van der Waals surface area (Å²) in [5.41, 5.74) is 0.453. The van der Waals surface area contributed by atoms with E-state index >= 15 is 0 Å². The van der Waals surface area contributed by atoms with Gasteiger partial charge in [-0.05, 0) is 23.6 Å². The van der Waals surface area contributed by atoms with E-state index in [1.807, 2.05) is 0 Å². The second kappa shape index (κ2) is 6.56. The molecule has 0 aliphatic carbocycles. The minimum absolute atomic E-state index is 0.0474. The van der Waals surface area contributed by atoms with Gasteiger partial charge in [0.1, 0.15) is 17.9 Å². The molecule has 0 saturated heterocycles. The lowest BCUT2D eigenvalue weighted by atomic mass is 10.1. The molecule has 0 bridgehead atoms. The van der Waals surface area contributed by atoms with Gasteiger partial charge >= 0.3 is 0 Å². The maximum absolute atomic E-state index is 13.1. The van der Waals surface area contributed by atoms with E-state index in [0.717, 1.165) is 12.1 Å². The van der Waals surface area contributed by atoms with Gasteiger partial charge in [0, 0.05) is 13.0 Å². The van der Waals surface area contributed by atoms with E-state index in [4.69, 9.17) is 0 Å². The average Bonchev–Trinajstić information content (AvgIpc) is 2.80. The number of ketones is 1. The highest BCUT2D eigenvalue weighted by atomic mass is 19.2. The summed E-state index contributed by atoms with van der Waals surface area (Å²) in [6, 6.07) is 3.49. The molecule has 4 nitrogen and oxygen atoms in total. The first kappa shape index (κ1) is 15.3. The maximum atomic E-state index is 13.1. The van der Waals surface area contributed by atoms with Crippen LogP contribution in [0.15, 0.2) is 24.5 Å². The van der Waals surface area contributed by atoms with Crippen LogP contribution in [0.3, 0.4) is 0 Å². The van der Waals surface area contributed by atoms with Crippen LogP contribution in [0.1, 0.15) is 25.2 Å². The van der Waals surface area contributed by atoms with Gasteiger partial charge in [-0.1, -0.05) is 19.9 Å². The van der Waals surface area contributed by atoms with Crippen LogP contribution in [-0.2, 0) is 24.2 Å². The summed E-state index contributed by atoms with van der Waals surface area (Å²) < 4.78 is 27.6. The quantitative estimate of drug-likeness (QED) is 0.822. The standard InChI is InChI=1S/C15H17F2N3O/c1-10(2)8-20-15(18-9-19-20)7-12(21)5-11-3-4-13(16)14(17)6-11/h3-4,6,9-10H,5,7-8H2,1-2H3. The van der Waals surface area contributed by atoms with Crippen LogP contribution in [0.2, 0.25) is 0 Å². The predicted octanol–water partition coefficient (Wildman–Crippen LogP) is 2.57. The molecule has 0 amide bonds. The van der Waals surface area contributed by atoms with Gasteiger partial charge in [0.25, 0.3) is 0 Å². The summed E-state index contributed by atoms with van der Waals surface area (Å²) in [5.74, 6) is -0.979. The Labute approximate surface area is 121 Å². The van der Waals surface area contributed by atoms with Crippen LogP contribution in [0.4, 0.5) is 8.78 Å². The molecule has 0 radical (unpaired) electrons. The number of hydrogen-bond donors (Lipinski definition) is 0. The predicted molar refractivity (Wildman–Crippen MR) is 73.6 cm³/mol. The molecule has 2 aromatic rings. The third kappa shape index (κ3) is 4.18. The molecule has 1 aromatic carbocycles. The molecule has 0 fully saturated rings. The maximum Gasteiger partial charge on any atom is 0.159 e. The van der Waals surface area contributed by atoms with Crippen LogP contribution in [-0.4, -0.2) is 20.5 Å². The van der Waals surface area contributed by atoms with Crippen molar-refractivity contribution < 1.29 is 13.6 Å². The Hall–Kier alpha value is -2.11. The molecule has 0 aliphatic rings. The molecule has 0 atom stereocenters. The monoisotopic (exact) mass is 293 g/mol. The van der Waals surface area contributed by atoms with Gasteiger partial charge in [-0.15, -0.1) is 0 Å². The fourth-order valence-electron chi connectivity index (χ4n) is 2.04. The second-order valence-corrected chi connectivity index (χ2v) is 5.39. The van der Waals surface area contributed by atoms with E-state index in [0.29, 0.717) is 23.9 Å². The third-order valence-corrected chi connectivity index (χ3v) is 2.97. The van der Waals surface area contributed by atoms with Gasteiger partial charge in [-0.25, -0.2) is 18.4 Å². The number of Topliss-reactive ketones (excluding diaryl/α,β-unsaturated/α-hetero) is 1. The summed E-state index contributed by atoms with van der Waals surface area (Å²) in [7, 11) is 0. The van der Waals surface area contributed by atoms with Crippen molar-refractivity contribution in [2.45, 2.75) is 33.2 Å². The first-order valence-electron chi connectivity index (χ1n) is 6.78. The van der Waals surface area contributed by atoms with Crippen molar-refractivity contribution in [3.05, 3.63) is 47.5 Å². The lowest BCUT2D eigenvalue weighted by Gasteiger charge is -2.08. The first-order valence-corrected chi connectivity index (χ1v) is 6.78. The lowest BCUT2D eigenvalue weighted by Crippen LogP contribution is -2.15. The summed E-state index contributed by atoms with van der Waals surface area (Å²) in [6.45, 7) is 4.79. The molecule has 0 unspecified atom stereocenters. The van der Waals surface area contributed by atoms with Gasteiger partial charge in [-0.3, -0.25) is 4.79 Å². The normalized spacial score (nSPS) is 11.1. The largest absolute Gasteiger partial charge is 0.299 e. The van der Waals surface area contributed by atoms with Crippen LogP contribution >= 0.6 is 0 Å². The smallest absolute Gasteiger partial charge is 0.159 e. The molecule has 1 heterocycles. The Bertz CT molecular complexity index is 638. The van der Waals surface area contributed by atoms with E-state index in [2.05, 4.69) is 23.9 Å². The summed E-state index contributed by atoms with van der Waals surface area (Å²) in [5, 5.41) is 4.09. The van der Waals surface area contributed by atoms with E-state index < -0.39 is 11.6 Å². The summed E-state index contributed by atoms with van der Waals surface area (Å²) in [6.07, 6.45) is 1.60. The average molecular weight is 293 g/mol. The Kier molecular flexibility index (Phi) is 4.77. The van der Waals surface area contributed by atoms with Gasteiger partial charge in [0.05, 0.1) is 6.42 Å². The zero-order valence-corrected chi connectivity index (χ0v) is 12.0. The van der Waals surface area contributed by atoms with E-state index in [1.165, 1.54) is 12.4 Å². The molecule has 0 saturated carbocycles. The Morgan fingerprint density at radius 2 is 2.00 bits per heavy atom. The highest BCUT2D eigenvalue weighted by molar-refractivity contribution is 5.82. The molecule has 0 N–H and O–H groups in total. The first-order chi connectivity index (χ1) is 9.95. The molecule has 6 heteroatoms. The van der Waals surface area contributed by atoms with Crippen molar-refractivity contribution in [1.82, 2.24) is 14.8 Å². The molecule has 112 valence electrons. The zero-order chi connectivity index (χ0) is 15.4. The number of rotatable bonds is 6. The third-order valence-electron chi connectivity index (χ3n) is 2.97. The van der Waals surface area contributed by atoms with Gasteiger partial charge in [0.15, 0.2) is 11.6 Å². The van der Waals surface area contributed by atoms with Gasteiger partial charge in [0.2, 0.25) is 0 Å². The Balaban J connectivity index is 2.01. The molecule has 2 rings (SSSR count). The number of benzene rings is 1. The fourth-order valence-corrected chi connectivity index (χ4v) is 2.04. The van der Waals surface area contributed by atoms with Crippen molar-refractivity contribution in [3.8, 4) is 0 Å². The van der Waals surface area contributed by atoms with Crippen molar-refractivity contribution in [2.24, 2.45) is 5.92 Å². The van der Waals surface area contributed by atoms with Crippen LogP contribution in [0.5, 0.6) is 0 Å². The van der Waals surface area contributed by atoms with Crippen molar-refractivity contribution in [3.63, 3.8) is 0 Å². The van der Waals surface area contributed by atoms with E-state index in [-0.39, 0.29) is 18.6 Å². The molecule has 0 aliphatic heterocycles. The second-order valence-electron chi connectivity index (χ2n) is 5.39. The van der Waals surface area contributed by atoms with Crippen molar-refractivity contribution in [1.29, 1.82) is 0 Å². The highest BCUT2D eigenvalue weighted by Gasteiger charge is 2.13. The van der Waals surface area contributed by atoms with Gasteiger partial charge < -0.3 is 0 Å². The molecular weight excluding hydrogens is 276 g/mol. The van der Waals surface area contributed by atoms with Crippen LogP contribution in [0.25, 0.3) is 0 Å². The highest BCUT2D eigenvalue weighted by Crippen LogP contribution is 2.11. The number of carbonyl (C=O) groups is 1. The molecule has 0 spiro atoms. The van der Waals surface area contributed by atoms with Crippen LogP contribution in [0, 0.1) is 17.6 Å². The van der Waals surface area contributed by atoms with Crippen molar-refractivity contribution in [2.75, 3.05) is 0 Å². The van der Waals surface area contributed by atoms with E-state index in [1.54, 1.807) is 4.68 Å². The van der Waals surface area contributed by atoms with E-state index in [9.17, 15) is 13.6 Å². The zero-order valence-electron chi connectivity index (χ0n) is 12.0. The topological polar surface area (TPSA) is 47.8 Å². The number of aromatic nitrogens is 3. The lowest BCUT2D eigenvalue weighted by molar-refractivity contribution is -0.117. The summed E-state index contributed by atoms with van der Waals surface area (Å²) >= 11 is 0.